The minimum Gasteiger partial charge on any atom is -0.390 e. The monoisotopic (exact) mass is 252 g/mol. The second kappa shape index (κ2) is 4.95. The lowest BCUT2D eigenvalue weighted by Gasteiger charge is -2.43. The molecule has 2 N–H and O–H groups in total. The van der Waals surface area contributed by atoms with E-state index in [1.807, 2.05) is 10.9 Å². The number of ether oxygens (including phenoxy) is 1. The van der Waals surface area contributed by atoms with Crippen molar-refractivity contribution < 1.29 is 9.84 Å². The van der Waals surface area contributed by atoms with E-state index in [9.17, 15) is 0 Å². The maximum absolute atomic E-state index is 9.04. The zero-order valence-corrected chi connectivity index (χ0v) is 10.5. The summed E-state index contributed by atoms with van der Waals surface area (Å²) in [5.41, 5.74) is 0.667. The van der Waals surface area contributed by atoms with E-state index in [4.69, 9.17) is 9.84 Å². The van der Waals surface area contributed by atoms with Crippen molar-refractivity contribution in [3.63, 3.8) is 0 Å². The molecule has 0 bridgehead atoms. The van der Waals surface area contributed by atoms with Crippen molar-refractivity contribution in [1.29, 1.82) is 0 Å². The molecule has 2 saturated heterocycles. The third-order valence-electron chi connectivity index (χ3n) is 4.08. The van der Waals surface area contributed by atoms with E-state index in [2.05, 4.69) is 15.6 Å². The first kappa shape index (κ1) is 12.1. The Morgan fingerprint density at radius 1 is 1.50 bits per heavy atom. The van der Waals surface area contributed by atoms with E-state index in [0.29, 0.717) is 11.7 Å². The average Bonchev–Trinajstić information content (AvgIpc) is 2.88. The smallest absolute Gasteiger partial charge is 0.108 e. The molecule has 6 nitrogen and oxygen atoms in total. The Bertz CT molecular complexity index is 395. The fraction of sp³-hybridized carbons (Fsp3) is 0.833. The van der Waals surface area contributed by atoms with Crippen LogP contribution in [0.2, 0.25) is 0 Å². The zero-order chi connectivity index (χ0) is 12.4. The minimum absolute atomic E-state index is 0.0273. The molecule has 3 heterocycles. The van der Waals surface area contributed by atoms with Crippen LogP contribution in [0.15, 0.2) is 6.20 Å². The van der Waals surface area contributed by atoms with E-state index < -0.39 is 0 Å². The van der Waals surface area contributed by atoms with Gasteiger partial charge >= 0.3 is 0 Å². The second-order valence-electron chi connectivity index (χ2n) is 5.28. The highest BCUT2D eigenvalue weighted by Crippen LogP contribution is 2.37. The molecular weight excluding hydrogens is 232 g/mol. The van der Waals surface area contributed by atoms with Crippen LogP contribution in [0.3, 0.4) is 0 Å². The average molecular weight is 252 g/mol. The molecule has 0 saturated carbocycles. The Balaban J connectivity index is 1.73. The summed E-state index contributed by atoms with van der Waals surface area (Å²) in [6.45, 7) is 2.81. The van der Waals surface area contributed by atoms with Crippen LogP contribution < -0.4 is 5.32 Å². The lowest BCUT2D eigenvalue weighted by molar-refractivity contribution is -0.112. The Hall–Kier alpha value is -0.980. The molecular formula is C12H20N4O2. The van der Waals surface area contributed by atoms with Crippen molar-refractivity contribution in [2.24, 2.45) is 0 Å². The van der Waals surface area contributed by atoms with Gasteiger partial charge in [0.15, 0.2) is 0 Å². The van der Waals surface area contributed by atoms with Gasteiger partial charge < -0.3 is 15.2 Å². The maximum Gasteiger partial charge on any atom is 0.108 e. The lowest BCUT2D eigenvalue weighted by atomic mass is 9.83. The summed E-state index contributed by atoms with van der Waals surface area (Å²) in [6, 6.07) is 0.352. The summed E-state index contributed by atoms with van der Waals surface area (Å²) in [4.78, 5) is 0. The Labute approximate surface area is 106 Å². The van der Waals surface area contributed by atoms with Crippen LogP contribution in [0, 0.1) is 0 Å². The summed E-state index contributed by atoms with van der Waals surface area (Å²) in [7, 11) is 0. The number of rotatable bonds is 2. The fourth-order valence-electron chi connectivity index (χ4n) is 3.02. The molecule has 0 aromatic carbocycles. The van der Waals surface area contributed by atoms with Crippen molar-refractivity contribution >= 4 is 0 Å². The van der Waals surface area contributed by atoms with Crippen molar-refractivity contribution in [3.8, 4) is 0 Å². The van der Waals surface area contributed by atoms with Gasteiger partial charge in [0.2, 0.25) is 0 Å². The highest BCUT2D eigenvalue weighted by molar-refractivity contribution is 4.96. The lowest BCUT2D eigenvalue weighted by Crippen LogP contribution is -2.48. The van der Waals surface area contributed by atoms with Gasteiger partial charge in [-0.1, -0.05) is 5.21 Å². The quantitative estimate of drug-likeness (QED) is 0.789. The van der Waals surface area contributed by atoms with Crippen LogP contribution in [0.25, 0.3) is 0 Å². The molecule has 1 atom stereocenters. The number of hydrogen-bond acceptors (Lipinski definition) is 5. The Morgan fingerprint density at radius 3 is 3.06 bits per heavy atom. The van der Waals surface area contributed by atoms with Crippen molar-refractivity contribution in [1.82, 2.24) is 20.3 Å². The Morgan fingerprint density at radius 2 is 2.33 bits per heavy atom. The van der Waals surface area contributed by atoms with Gasteiger partial charge in [-0.3, -0.25) is 0 Å². The topological polar surface area (TPSA) is 72.2 Å². The first-order valence-corrected chi connectivity index (χ1v) is 6.68. The molecule has 0 aliphatic carbocycles. The molecule has 100 valence electrons. The van der Waals surface area contributed by atoms with Crippen LogP contribution in [-0.4, -0.2) is 45.4 Å². The third kappa shape index (κ3) is 2.28. The summed E-state index contributed by atoms with van der Waals surface area (Å²) >= 11 is 0. The van der Waals surface area contributed by atoms with Gasteiger partial charge in [0, 0.05) is 6.61 Å². The second-order valence-corrected chi connectivity index (χ2v) is 5.28. The SMILES string of the molecule is OCc1cn(C2CCOC3(CCNCC3)C2)nn1. The maximum atomic E-state index is 9.04. The van der Waals surface area contributed by atoms with Gasteiger partial charge in [0.1, 0.15) is 5.69 Å². The van der Waals surface area contributed by atoms with Crippen LogP contribution in [0.1, 0.15) is 37.4 Å². The van der Waals surface area contributed by atoms with Crippen LogP contribution in [-0.2, 0) is 11.3 Å². The summed E-state index contributed by atoms with van der Waals surface area (Å²) < 4.78 is 7.94. The summed E-state index contributed by atoms with van der Waals surface area (Å²) in [6.07, 6.45) is 5.98. The molecule has 2 fully saturated rings. The van der Waals surface area contributed by atoms with Crippen molar-refractivity contribution in [3.05, 3.63) is 11.9 Å². The van der Waals surface area contributed by atoms with Gasteiger partial charge in [-0.25, -0.2) is 4.68 Å². The number of aliphatic hydroxyl groups excluding tert-OH is 1. The van der Waals surface area contributed by atoms with E-state index in [1.54, 1.807) is 0 Å². The van der Waals surface area contributed by atoms with Crippen molar-refractivity contribution in [2.45, 2.75) is 43.9 Å². The van der Waals surface area contributed by atoms with Gasteiger partial charge in [0.25, 0.3) is 0 Å². The third-order valence-corrected chi connectivity index (χ3v) is 4.08. The molecule has 1 aromatic heterocycles. The molecule has 1 aromatic rings. The fourth-order valence-corrected chi connectivity index (χ4v) is 3.02. The number of aromatic nitrogens is 3. The van der Waals surface area contributed by atoms with E-state index in [0.717, 1.165) is 45.4 Å². The van der Waals surface area contributed by atoms with Gasteiger partial charge in [-0.2, -0.15) is 0 Å². The first-order chi connectivity index (χ1) is 8.81. The minimum atomic E-state index is -0.0434. The van der Waals surface area contributed by atoms with Crippen LogP contribution in [0.4, 0.5) is 0 Å². The van der Waals surface area contributed by atoms with Crippen molar-refractivity contribution in [2.75, 3.05) is 19.7 Å². The number of aliphatic hydroxyl groups is 1. The van der Waals surface area contributed by atoms with Crippen LogP contribution >= 0.6 is 0 Å². The van der Waals surface area contributed by atoms with Gasteiger partial charge in [-0.05, 0) is 38.8 Å². The normalized spacial score (nSPS) is 27.5. The van der Waals surface area contributed by atoms with Gasteiger partial charge in [-0.15, -0.1) is 5.10 Å². The number of piperidine rings is 1. The van der Waals surface area contributed by atoms with E-state index >= 15 is 0 Å². The number of nitrogens with zero attached hydrogens (tertiary/aromatic N) is 3. The summed E-state index contributed by atoms with van der Waals surface area (Å²) in [5.74, 6) is 0. The van der Waals surface area contributed by atoms with Gasteiger partial charge in [0.05, 0.1) is 24.4 Å². The molecule has 2 aliphatic rings. The molecule has 18 heavy (non-hydrogen) atoms. The highest BCUT2D eigenvalue weighted by atomic mass is 16.5. The molecule has 6 heteroatoms. The summed E-state index contributed by atoms with van der Waals surface area (Å²) in [5, 5.41) is 20.5. The van der Waals surface area contributed by atoms with E-state index in [-0.39, 0.29) is 12.2 Å². The van der Waals surface area contributed by atoms with E-state index in [1.165, 1.54) is 0 Å². The largest absolute Gasteiger partial charge is 0.390 e. The number of hydrogen-bond donors (Lipinski definition) is 2. The Kier molecular flexibility index (Phi) is 3.32. The van der Waals surface area contributed by atoms with Crippen LogP contribution in [0.5, 0.6) is 0 Å². The molecule has 2 aliphatic heterocycles. The predicted molar refractivity (Wildman–Crippen MR) is 65.0 cm³/mol. The molecule has 0 amide bonds. The molecule has 3 rings (SSSR count). The predicted octanol–water partition coefficient (Wildman–Crippen LogP) is 0.244. The zero-order valence-electron chi connectivity index (χ0n) is 10.5. The standard InChI is InChI=1S/C12H20N4O2/c17-9-10-8-16(15-14-10)11-1-6-18-12(7-11)2-4-13-5-3-12/h8,11,13,17H,1-7,9H2. The first-order valence-electron chi connectivity index (χ1n) is 6.68. The highest BCUT2D eigenvalue weighted by Gasteiger charge is 2.39. The molecule has 1 unspecified atom stereocenters. The molecule has 1 spiro atoms. The number of nitrogens with one attached hydrogen (secondary N) is 1. The molecule has 0 radical (unpaired) electrons.